The number of amides is 3. The largest absolute Gasteiger partial charge is 0.356 e. The van der Waals surface area contributed by atoms with Crippen molar-refractivity contribution in [2.75, 3.05) is 6.54 Å². The van der Waals surface area contributed by atoms with E-state index in [1.54, 1.807) is 0 Å². The van der Waals surface area contributed by atoms with E-state index in [9.17, 15) is 14.4 Å². The molecule has 0 spiro atoms. The predicted molar refractivity (Wildman–Crippen MR) is 87.5 cm³/mol. The molecule has 3 atom stereocenters. The summed E-state index contributed by atoms with van der Waals surface area (Å²) in [6, 6.07) is -0.533. The van der Waals surface area contributed by atoms with Gasteiger partial charge in [0, 0.05) is 18.5 Å². The molecule has 0 aromatic carbocycles. The lowest BCUT2D eigenvalue weighted by molar-refractivity contribution is -0.127. The van der Waals surface area contributed by atoms with Crippen LogP contribution in [0.4, 0.5) is 0 Å². The molecule has 0 aromatic heterocycles. The maximum atomic E-state index is 12.4. The molecule has 23 heavy (non-hydrogen) atoms. The molecule has 2 fully saturated rings. The van der Waals surface area contributed by atoms with Crippen molar-refractivity contribution in [1.82, 2.24) is 16.0 Å². The summed E-state index contributed by atoms with van der Waals surface area (Å²) in [5.41, 5.74) is 0. The molecule has 3 unspecified atom stereocenters. The lowest BCUT2D eigenvalue weighted by atomic mass is 9.84. The second kappa shape index (κ2) is 8.89. The van der Waals surface area contributed by atoms with Gasteiger partial charge in [-0.1, -0.05) is 32.1 Å². The van der Waals surface area contributed by atoms with Crippen LogP contribution in [0.15, 0.2) is 0 Å². The zero-order chi connectivity index (χ0) is 16.7. The highest BCUT2D eigenvalue weighted by atomic mass is 16.2. The fourth-order valence-corrected chi connectivity index (χ4v) is 3.79. The molecule has 6 nitrogen and oxygen atoms in total. The van der Waals surface area contributed by atoms with Crippen LogP contribution < -0.4 is 16.0 Å². The molecule has 1 saturated carbocycles. The molecule has 0 radical (unpaired) electrons. The van der Waals surface area contributed by atoms with Crippen molar-refractivity contribution in [3.8, 4) is 0 Å². The van der Waals surface area contributed by atoms with E-state index in [4.69, 9.17) is 0 Å². The molecule has 3 amide bonds. The number of carbonyl (C=O) groups is 3. The van der Waals surface area contributed by atoms with Gasteiger partial charge >= 0.3 is 0 Å². The normalized spacial score (nSPS) is 24.6. The van der Waals surface area contributed by atoms with Crippen LogP contribution in [0.2, 0.25) is 0 Å². The number of nitrogens with one attached hydrogen (secondary N) is 3. The molecule has 6 heteroatoms. The van der Waals surface area contributed by atoms with Crippen LogP contribution in [-0.2, 0) is 14.4 Å². The van der Waals surface area contributed by atoms with E-state index in [1.807, 2.05) is 6.92 Å². The smallest absolute Gasteiger partial charge is 0.242 e. The third-order valence-electron chi connectivity index (χ3n) is 5.07. The van der Waals surface area contributed by atoms with Crippen molar-refractivity contribution in [3.63, 3.8) is 0 Å². The molecule has 130 valence electrons. The summed E-state index contributed by atoms with van der Waals surface area (Å²) < 4.78 is 0. The monoisotopic (exact) mass is 323 g/mol. The Balaban J connectivity index is 1.81. The first-order valence-corrected chi connectivity index (χ1v) is 8.88. The Bertz CT molecular complexity index is 421. The van der Waals surface area contributed by atoms with Gasteiger partial charge in [0.1, 0.15) is 6.04 Å². The molecular weight excluding hydrogens is 294 g/mol. The SMILES string of the molecule is CC(CC1CCNC1=O)NC(=O)C(CC1CCCCC1)NC=O. The van der Waals surface area contributed by atoms with Crippen molar-refractivity contribution in [2.45, 2.75) is 70.4 Å². The van der Waals surface area contributed by atoms with Gasteiger partial charge in [0.25, 0.3) is 0 Å². The lowest BCUT2D eigenvalue weighted by Crippen LogP contribution is -2.48. The van der Waals surface area contributed by atoms with Crippen LogP contribution in [-0.4, -0.2) is 36.9 Å². The summed E-state index contributed by atoms with van der Waals surface area (Å²) in [4.78, 5) is 34.9. The van der Waals surface area contributed by atoms with E-state index in [1.165, 1.54) is 19.3 Å². The minimum Gasteiger partial charge on any atom is -0.356 e. The van der Waals surface area contributed by atoms with Crippen molar-refractivity contribution in [2.24, 2.45) is 11.8 Å². The summed E-state index contributed by atoms with van der Waals surface area (Å²) in [5, 5.41) is 8.44. The zero-order valence-corrected chi connectivity index (χ0v) is 14.0. The topological polar surface area (TPSA) is 87.3 Å². The van der Waals surface area contributed by atoms with Crippen LogP contribution >= 0.6 is 0 Å². The third-order valence-corrected chi connectivity index (χ3v) is 5.07. The fraction of sp³-hybridized carbons (Fsp3) is 0.824. The quantitative estimate of drug-likeness (QED) is 0.585. The standard InChI is InChI=1S/C17H29N3O3/c1-12(9-14-7-8-18-16(14)22)20-17(23)15(19-11-21)10-13-5-3-2-4-6-13/h11-15H,2-10H2,1H3,(H,18,22)(H,19,21)(H,20,23). The molecular formula is C17H29N3O3. The van der Waals surface area contributed by atoms with Crippen molar-refractivity contribution < 1.29 is 14.4 Å². The molecule has 0 bridgehead atoms. The van der Waals surface area contributed by atoms with Gasteiger partial charge in [-0.15, -0.1) is 0 Å². The maximum Gasteiger partial charge on any atom is 0.242 e. The third kappa shape index (κ3) is 5.52. The van der Waals surface area contributed by atoms with E-state index in [-0.39, 0.29) is 23.8 Å². The second-order valence-corrected chi connectivity index (χ2v) is 7.00. The predicted octanol–water partition coefficient (Wildman–Crippen LogP) is 1.10. The van der Waals surface area contributed by atoms with Gasteiger partial charge in [0.05, 0.1) is 0 Å². The van der Waals surface area contributed by atoms with Gasteiger partial charge in [-0.2, -0.15) is 0 Å². The average molecular weight is 323 g/mol. The van der Waals surface area contributed by atoms with Crippen molar-refractivity contribution >= 4 is 18.2 Å². The molecule has 2 rings (SSSR count). The van der Waals surface area contributed by atoms with E-state index in [0.717, 1.165) is 25.8 Å². The van der Waals surface area contributed by atoms with Gasteiger partial charge in [-0.05, 0) is 32.1 Å². The first-order valence-electron chi connectivity index (χ1n) is 8.88. The summed E-state index contributed by atoms with van der Waals surface area (Å²) in [7, 11) is 0. The van der Waals surface area contributed by atoms with Crippen molar-refractivity contribution in [1.29, 1.82) is 0 Å². The summed E-state index contributed by atoms with van der Waals surface area (Å²) in [5.74, 6) is 0.452. The number of hydrogen-bond acceptors (Lipinski definition) is 3. The average Bonchev–Trinajstić information content (AvgIpc) is 2.93. The Morgan fingerprint density at radius 3 is 2.61 bits per heavy atom. The maximum absolute atomic E-state index is 12.4. The molecule has 1 aliphatic heterocycles. The fourth-order valence-electron chi connectivity index (χ4n) is 3.79. The van der Waals surface area contributed by atoms with Crippen LogP contribution in [0.3, 0.4) is 0 Å². The summed E-state index contributed by atoms with van der Waals surface area (Å²) >= 11 is 0. The van der Waals surface area contributed by atoms with E-state index < -0.39 is 6.04 Å². The number of hydrogen-bond donors (Lipinski definition) is 3. The molecule has 1 heterocycles. The Labute approximate surface area is 138 Å². The van der Waals surface area contributed by atoms with Crippen LogP contribution in [0.25, 0.3) is 0 Å². The Kier molecular flexibility index (Phi) is 6.86. The number of rotatable bonds is 8. The Morgan fingerprint density at radius 1 is 1.26 bits per heavy atom. The molecule has 1 saturated heterocycles. The van der Waals surface area contributed by atoms with Gasteiger partial charge in [0.2, 0.25) is 18.2 Å². The lowest BCUT2D eigenvalue weighted by Gasteiger charge is -2.27. The van der Waals surface area contributed by atoms with Gasteiger partial charge in [-0.25, -0.2) is 0 Å². The van der Waals surface area contributed by atoms with Crippen molar-refractivity contribution in [3.05, 3.63) is 0 Å². The molecule has 2 aliphatic rings. The first-order chi connectivity index (χ1) is 11.1. The molecule has 3 N–H and O–H groups in total. The van der Waals surface area contributed by atoms with E-state index >= 15 is 0 Å². The highest BCUT2D eigenvalue weighted by molar-refractivity contribution is 5.84. The van der Waals surface area contributed by atoms with Crippen LogP contribution in [0.5, 0.6) is 0 Å². The van der Waals surface area contributed by atoms with Gasteiger partial charge < -0.3 is 16.0 Å². The number of carbonyl (C=O) groups excluding carboxylic acids is 3. The van der Waals surface area contributed by atoms with Gasteiger partial charge in [-0.3, -0.25) is 14.4 Å². The minimum atomic E-state index is -0.463. The Morgan fingerprint density at radius 2 is 2.00 bits per heavy atom. The zero-order valence-electron chi connectivity index (χ0n) is 14.0. The minimum absolute atomic E-state index is 0.0128. The van der Waals surface area contributed by atoms with Crippen LogP contribution in [0, 0.1) is 11.8 Å². The van der Waals surface area contributed by atoms with E-state index in [2.05, 4.69) is 16.0 Å². The summed E-state index contributed by atoms with van der Waals surface area (Å²) in [6.07, 6.45) is 8.79. The van der Waals surface area contributed by atoms with E-state index in [0.29, 0.717) is 25.2 Å². The summed E-state index contributed by atoms with van der Waals surface area (Å²) in [6.45, 7) is 2.64. The molecule has 1 aliphatic carbocycles. The highest BCUT2D eigenvalue weighted by Gasteiger charge is 2.28. The molecule has 0 aromatic rings. The van der Waals surface area contributed by atoms with Gasteiger partial charge in [0.15, 0.2) is 0 Å². The van der Waals surface area contributed by atoms with Crippen LogP contribution in [0.1, 0.15) is 58.3 Å². The first kappa shape index (κ1) is 17.8. The second-order valence-electron chi connectivity index (χ2n) is 7.00. The Hall–Kier alpha value is -1.59. The highest BCUT2D eigenvalue weighted by Crippen LogP contribution is 2.27.